The minimum absolute atomic E-state index is 0.178. The van der Waals surface area contributed by atoms with Crippen LogP contribution >= 0.6 is 0 Å². The fraction of sp³-hybridized carbons (Fsp3) is 0.500. The Morgan fingerprint density at radius 1 is 1.64 bits per heavy atom. The van der Waals surface area contributed by atoms with Crippen LogP contribution in [-0.4, -0.2) is 29.5 Å². The number of anilines is 1. The monoisotopic (exact) mass is 199 g/mol. The van der Waals surface area contributed by atoms with Crippen LogP contribution in [0.15, 0.2) is 0 Å². The number of aromatic nitrogens is 2. The molecule has 1 aromatic heterocycles. The lowest BCUT2D eigenvalue weighted by molar-refractivity contribution is 0.0524. The molecule has 78 valence electrons. The molecule has 0 radical (unpaired) electrons. The Kier molecular flexibility index (Phi) is 2.95. The van der Waals surface area contributed by atoms with Crippen LogP contribution in [0.5, 0.6) is 5.88 Å². The predicted molar refractivity (Wildman–Crippen MR) is 50.1 cm³/mol. The Balaban J connectivity index is 3.10. The number of methoxy groups -OCH3 is 1. The van der Waals surface area contributed by atoms with Crippen LogP contribution in [0.25, 0.3) is 0 Å². The highest BCUT2D eigenvalue weighted by Crippen LogP contribution is 2.23. The molecule has 0 aliphatic carbocycles. The first-order chi connectivity index (χ1) is 6.61. The van der Waals surface area contributed by atoms with Gasteiger partial charge >= 0.3 is 5.97 Å². The summed E-state index contributed by atoms with van der Waals surface area (Å²) in [7, 11) is 3.05. The summed E-state index contributed by atoms with van der Waals surface area (Å²) in [6.45, 7) is 2.01. The van der Waals surface area contributed by atoms with Gasteiger partial charge < -0.3 is 15.2 Å². The van der Waals surface area contributed by atoms with Crippen molar-refractivity contribution in [2.45, 2.75) is 6.92 Å². The Bertz CT molecular complexity index is 346. The molecule has 0 atom stereocenters. The summed E-state index contributed by atoms with van der Waals surface area (Å²) in [5.41, 5.74) is 5.81. The Morgan fingerprint density at radius 2 is 2.29 bits per heavy atom. The van der Waals surface area contributed by atoms with Crippen molar-refractivity contribution in [2.75, 3.05) is 19.5 Å². The number of hydrogen-bond donors (Lipinski definition) is 1. The van der Waals surface area contributed by atoms with Gasteiger partial charge in [0.2, 0.25) is 5.88 Å². The minimum Gasteiger partial charge on any atom is -0.479 e. The summed E-state index contributed by atoms with van der Waals surface area (Å²) in [5.74, 6) is -0.0984. The van der Waals surface area contributed by atoms with Gasteiger partial charge in [-0.2, -0.15) is 0 Å². The largest absolute Gasteiger partial charge is 0.479 e. The number of aryl methyl sites for hydroxylation is 1. The van der Waals surface area contributed by atoms with E-state index in [1.54, 1.807) is 14.0 Å². The van der Waals surface area contributed by atoms with E-state index in [1.165, 1.54) is 11.8 Å². The molecule has 0 aliphatic heterocycles. The number of carbonyl (C=O) groups excluding carboxylic acids is 1. The van der Waals surface area contributed by atoms with Gasteiger partial charge in [-0.25, -0.2) is 9.48 Å². The van der Waals surface area contributed by atoms with Gasteiger partial charge in [0.1, 0.15) is 5.82 Å². The maximum atomic E-state index is 11.4. The van der Waals surface area contributed by atoms with Gasteiger partial charge in [0.05, 0.1) is 13.7 Å². The first-order valence-corrected chi connectivity index (χ1v) is 4.15. The molecule has 6 nitrogen and oxygen atoms in total. The maximum absolute atomic E-state index is 11.4. The van der Waals surface area contributed by atoms with Crippen LogP contribution in [-0.2, 0) is 11.8 Å². The number of carbonyl (C=O) groups is 1. The first kappa shape index (κ1) is 10.4. The first-order valence-electron chi connectivity index (χ1n) is 4.15. The van der Waals surface area contributed by atoms with Gasteiger partial charge in [0, 0.05) is 7.05 Å². The number of esters is 1. The van der Waals surface area contributed by atoms with Crippen molar-refractivity contribution in [2.24, 2.45) is 7.05 Å². The van der Waals surface area contributed by atoms with Crippen LogP contribution in [0.1, 0.15) is 17.3 Å². The topological polar surface area (TPSA) is 79.4 Å². The quantitative estimate of drug-likeness (QED) is 0.703. The van der Waals surface area contributed by atoms with Crippen molar-refractivity contribution in [3.63, 3.8) is 0 Å². The summed E-state index contributed by atoms with van der Waals surface area (Å²) in [5, 5.41) is 3.90. The second-order valence-corrected chi connectivity index (χ2v) is 2.61. The SMILES string of the molecule is CCOC(=O)c1c(OC)nn(C)c1N. The molecule has 1 aromatic rings. The van der Waals surface area contributed by atoms with E-state index in [9.17, 15) is 4.79 Å². The van der Waals surface area contributed by atoms with Crippen molar-refractivity contribution >= 4 is 11.8 Å². The van der Waals surface area contributed by atoms with Crippen LogP contribution in [0, 0.1) is 0 Å². The lowest BCUT2D eigenvalue weighted by Gasteiger charge is -2.01. The molecule has 1 heterocycles. The molecule has 0 unspecified atom stereocenters. The van der Waals surface area contributed by atoms with Crippen LogP contribution < -0.4 is 10.5 Å². The molecular weight excluding hydrogens is 186 g/mol. The molecule has 0 saturated heterocycles. The smallest absolute Gasteiger partial charge is 0.347 e. The Labute approximate surface area is 81.6 Å². The van der Waals surface area contributed by atoms with E-state index in [1.807, 2.05) is 0 Å². The molecule has 0 fully saturated rings. The predicted octanol–water partition coefficient (Wildman–Crippen LogP) is 0.188. The van der Waals surface area contributed by atoms with E-state index < -0.39 is 5.97 Å². The third-order valence-electron chi connectivity index (χ3n) is 1.73. The zero-order chi connectivity index (χ0) is 10.7. The Hall–Kier alpha value is -1.72. The van der Waals surface area contributed by atoms with Gasteiger partial charge in [0.25, 0.3) is 0 Å². The van der Waals surface area contributed by atoms with E-state index in [4.69, 9.17) is 15.2 Å². The maximum Gasteiger partial charge on any atom is 0.347 e. The minimum atomic E-state index is -0.519. The third-order valence-corrected chi connectivity index (χ3v) is 1.73. The zero-order valence-corrected chi connectivity index (χ0v) is 8.40. The van der Waals surface area contributed by atoms with E-state index >= 15 is 0 Å². The van der Waals surface area contributed by atoms with Crippen molar-refractivity contribution in [1.82, 2.24) is 9.78 Å². The zero-order valence-electron chi connectivity index (χ0n) is 8.40. The molecular formula is C8H13N3O3. The van der Waals surface area contributed by atoms with Crippen LogP contribution in [0.3, 0.4) is 0 Å². The van der Waals surface area contributed by atoms with Gasteiger partial charge in [-0.3, -0.25) is 0 Å². The van der Waals surface area contributed by atoms with Crippen molar-refractivity contribution in [3.8, 4) is 5.88 Å². The summed E-state index contributed by atoms with van der Waals surface area (Å²) in [6.07, 6.45) is 0. The van der Waals surface area contributed by atoms with E-state index in [2.05, 4.69) is 5.10 Å². The van der Waals surface area contributed by atoms with Crippen LogP contribution in [0.2, 0.25) is 0 Å². The molecule has 0 spiro atoms. The molecule has 0 aliphatic rings. The number of hydrogen-bond acceptors (Lipinski definition) is 5. The fourth-order valence-electron chi connectivity index (χ4n) is 1.05. The normalized spacial score (nSPS) is 9.93. The molecule has 0 saturated carbocycles. The number of nitrogen functional groups attached to an aromatic ring is 1. The summed E-state index contributed by atoms with van der Waals surface area (Å²) < 4.78 is 11.1. The molecule has 0 aromatic carbocycles. The van der Waals surface area contributed by atoms with E-state index in [-0.39, 0.29) is 23.9 Å². The second-order valence-electron chi connectivity index (χ2n) is 2.61. The second kappa shape index (κ2) is 3.99. The summed E-state index contributed by atoms with van der Waals surface area (Å²) in [4.78, 5) is 11.4. The van der Waals surface area contributed by atoms with E-state index in [0.717, 1.165) is 0 Å². The average Bonchev–Trinajstić information content (AvgIpc) is 2.43. The summed E-state index contributed by atoms with van der Waals surface area (Å²) >= 11 is 0. The van der Waals surface area contributed by atoms with Gasteiger partial charge in [-0.15, -0.1) is 5.10 Å². The number of nitrogens with zero attached hydrogens (tertiary/aromatic N) is 2. The fourth-order valence-corrected chi connectivity index (χ4v) is 1.05. The molecule has 1 rings (SSSR count). The number of rotatable bonds is 3. The molecule has 6 heteroatoms. The van der Waals surface area contributed by atoms with Gasteiger partial charge in [-0.05, 0) is 6.92 Å². The summed E-state index contributed by atoms with van der Waals surface area (Å²) in [6, 6.07) is 0. The van der Waals surface area contributed by atoms with Gasteiger partial charge in [-0.1, -0.05) is 0 Å². The highest BCUT2D eigenvalue weighted by Gasteiger charge is 2.22. The molecule has 0 amide bonds. The number of ether oxygens (including phenoxy) is 2. The number of nitrogens with two attached hydrogens (primary N) is 1. The molecule has 0 bridgehead atoms. The highest BCUT2D eigenvalue weighted by molar-refractivity contribution is 5.96. The van der Waals surface area contributed by atoms with Gasteiger partial charge in [0.15, 0.2) is 5.56 Å². The third kappa shape index (κ3) is 1.63. The van der Waals surface area contributed by atoms with Crippen molar-refractivity contribution in [1.29, 1.82) is 0 Å². The van der Waals surface area contributed by atoms with Crippen LogP contribution in [0.4, 0.5) is 5.82 Å². The van der Waals surface area contributed by atoms with E-state index in [0.29, 0.717) is 0 Å². The Morgan fingerprint density at radius 3 is 2.79 bits per heavy atom. The average molecular weight is 199 g/mol. The molecule has 14 heavy (non-hydrogen) atoms. The standard InChI is InChI=1S/C8H13N3O3/c1-4-14-8(12)5-6(9)11(2)10-7(5)13-3/h4,9H2,1-3H3. The highest BCUT2D eigenvalue weighted by atomic mass is 16.5. The van der Waals surface area contributed by atoms with Crippen molar-refractivity contribution < 1.29 is 14.3 Å². The lowest BCUT2D eigenvalue weighted by atomic mass is 10.3. The molecule has 2 N–H and O–H groups in total. The lowest BCUT2D eigenvalue weighted by Crippen LogP contribution is -2.08. The van der Waals surface area contributed by atoms with Crippen molar-refractivity contribution in [3.05, 3.63) is 5.56 Å².